The summed E-state index contributed by atoms with van der Waals surface area (Å²) in [6.07, 6.45) is 6.53. The van der Waals surface area contributed by atoms with Gasteiger partial charge in [-0.05, 0) is 68.2 Å². The van der Waals surface area contributed by atoms with Crippen LogP contribution < -0.4 is 0 Å². The number of carbonyl (C=O) groups excluding carboxylic acids is 1. The molecule has 2 saturated carbocycles. The first kappa shape index (κ1) is 24.8. The number of rotatable bonds is 5. The van der Waals surface area contributed by atoms with Gasteiger partial charge in [0.2, 0.25) is 0 Å². The van der Waals surface area contributed by atoms with E-state index in [4.69, 9.17) is 9.47 Å². The van der Waals surface area contributed by atoms with Crippen molar-refractivity contribution >= 4 is 5.97 Å². The summed E-state index contributed by atoms with van der Waals surface area (Å²) in [4.78, 5) is 15.7. The van der Waals surface area contributed by atoms with Crippen LogP contribution in [0.1, 0.15) is 63.5 Å². The third-order valence-electron chi connectivity index (χ3n) is 11.3. The molecule has 0 bridgehead atoms. The molecule has 2 aliphatic carbocycles. The summed E-state index contributed by atoms with van der Waals surface area (Å²) in [6.45, 7) is 7.22. The highest BCUT2D eigenvalue weighted by Gasteiger charge is 2.78. The van der Waals surface area contributed by atoms with Crippen LogP contribution in [-0.4, -0.2) is 53.4 Å². The van der Waals surface area contributed by atoms with Crippen molar-refractivity contribution in [1.29, 1.82) is 0 Å². The standard InChI is InChI=1S/C33H41NO4/c1-22-10-9-17-31(2)20-27-28(29-33(22,31)38-29)26(30(35)37-27)21-34-18-15-25(16-19-34)32(36,23-11-5-3-6-12-23)24-13-7-4-8-14-24/h3-8,11-14,22,25-29,36H,9-10,15-21H2,1-2H3/t22-,26+,27+,28+,29-,31+,33-/m0/s1. The van der Waals surface area contributed by atoms with Crippen LogP contribution in [0, 0.1) is 29.1 Å². The van der Waals surface area contributed by atoms with E-state index in [2.05, 4.69) is 18.7 Å². The van der Waals surface area contributed by atoms with E-state index < -0.39 is 5.60 Å². The van der Waals surface area contributed by atoms with Crippen LogP contribution >= 0.6 is 0 Å². The summed E-state index contributed by atoms with van der Waals surface area (Å²) in [6, 6.07) is 20.2. The highest BCUT2D eigenvalue weighted by atomic mass is 16.6. The molecule has 38 heavy (non-hydrogen) atoms. The Morgan fingerprint density at radius 2 is 1.63 bits per heavy atom. The average Bonchev–Trinajstić information content (AvgIpc) is 3.63. The lowest BCUT2D eigenvalue weighted by Gasteiger charge is -2.49. The lowest BCUT2D eigenvalue weighted by Crippen LogP contribution is -2.55. The lowest BCUT2D eigenvalue weighted by atomic mass is 9.53. The SMILES string of the molecule is C[C@H]1CCC[C@]2(C)C[C@H]3OC(=O)[C@H](CN4CCC(C(O)(c5ccccc5)c5ccccc5)CC4)[C@H]3[C@@H]3O[C@@]132. The maximum atomic E-state index is 13.2. The van der Waals surface area contributed by atoms with E-state index in [1.807, 2.05) is 60.7 Å². The number of epoxide rings is 1. The van der Waals surface area contributed by atoms with Crippen molar-refractivity contribution in [2.24, 2.45) is 29.1 Å². The van der Waals surface area contributed by atoms with E-state index in [0.717, 1.165) is 50.0 Å². The van der Waals surface area contributed by atoms with Gasteiger partial charge in [-0.25, -0.2) is 0 Å². The van der Waals surface area contributed by atoms with Crippen molar-refractivity contribution in [2.75, 3.05) is 19.6 Å². The van der Waals surface area contributed by atoms with Gasteiger partial charge in [-0.1, -0.05) is 80.9 Å². The zero-order valence-electron chi connectivity index (χ0n) is 22.7. The van der Waals surface area contributed by atoms with E-state index in [9.17, 15) is 9.90 Å². The normalized spacial score (nSPS) is 39.1. The minimum absolute atomic E-state index is 0.00205. The van der Waals surface area contributed by atoms with Crippen LogP contribution in [0.5, 0.6) is 0 Å². The van der Waals surface area contributed by atoms with Gasteiger partial charge >= 0.3 is 5.97 Å². The molecule has 3 saturated heterocycles. The molecule has 3 heterocycles. The molecule has 2 aromatic rings. The number of hydrogen-bond acceptors (Lipinski definition) is 5. The largest absolute Gasteiger partial charge is 0.462 e. The Labute approximate surface area is 226 Å². The minimum Gasteiger partial charge on any atom is -0.462 e. The van der Waals surface area contributed by atoms with Crippen molar-refractivity contribution in [3.05, 3.63) is 71.8 Å². The molecule has 0 amide bonds. The quantitative estimate of drug-likeness (QED) is 0.440. The number of aliphatic hydroxyl groups is 1. The molecule has 2 aromatic carbocycles. The van der Waals surface area contributed by atoms with Crippen molar-refractivity contribution < 1.29 is 19.4 Å². The Bertz CT molecular complexity index is 1140. The number of hydrogen-bond donors (Lipinski definition) is 1. The van der Waals surface area contributed by atoms with Gasteiger partial charge in [0.1, 0.15) is 17.3 Å². The van der Waals surface area contributed by atoms with Crippen LogP contribution in [0.3, 0.4) is 0 Å². The number of esters is 1. The second-order valence-corrected chi connectivity index (χ2v) is 13.1. The van der Waals surface area contributed by atoms with Crippen LogP contribution in [0.4, 0.5) is 0 Å². The number of fused-ring (bicyclic) bond motifs is 2. The molecular formula is C33H41NO4. The topological polar surface area (TPSA) is 62.3 Å². The van der Waals surface area contributed by atoms with Gasteiger partial charge in [-0.2, -0.15) is 0 Å². The second-order valence-electron chi connectivity index (χ2n) is 13.1. The number of benzene rings is 2. The van der Waals surface area contributed by atoms with Crippen molar-refractivity contribution in [1.82, 2.24) is 4.90 Å². The fourth-order valence-corrected chi connectivity index (χ4v) is 9.28. The summed E-state index contributed by atoms with van der Waals surface area (Å²) in [5.74, 6) is 0.710. The molecule has 3 aliphatic heterocycles. The Morgan fingerprint density at radius 3 is 2.26 bits per heavy atom. The van der Waals surface area contributed by atoms with E-state index >= 15 is 0 Å². The van der Waals surface area contributed by atoms with Crippen molar-refractivity contribution in [3.8, 4) is 0 Å². The van der Waals surface area contributed by atoms with Crippen LogP contribution in [0.15, 0.2) is 60.7 Å². The molecule has 0 aromatic heterocycles. The predicted octanol–water partition coefficient (Wildman–Crippen LogP) is 5.16. The third-order valence-corrected chi connectivity index (χ3v) is 11.3. The molecule has 5 fully saturated rings. The highest BCUT2D eigenvalue weighted by molar-refractivity contribution is 5.76. The summed E-state index contributed by atoms with van der Waals surface area (Å²) in [5.41, 5.74) is 0.965. The number of likely N-dealkylation sites (tertiary alicyclic amines) is 1. The summed E-state index contributed by atoms with van der Waals surface area (Å²) in [5, 5.41) is 12.2. The van der Waals surface area contributed by atoms with Gasteiger partial charge in [-0.15, -0.1) is 0 Å². The van der Waals surface area contributed by atoms with Gasteiger partial charge in [0.05, 0.1) is 12.0 Å². The first-order valence-corrected chi connectivity index (χ1v) is 14.8. The monoisotopic (exact) mass is 515 g/mol. The Kier molecular flexibility index (Phi) is 5.81. The molecular weight excluding hydrogens is 474 g/mol. The smallest absolute Gasteiger partial charge is 0.311 e. The summed E-state index contributed by atoms with van der Waals surface area (Å²) < 4.78 is 12.7. The first-order chi connectivity index (χ1) is 18.4. The van der Waals surface area contributed by atoms with E-state index in [1.54, 1.807) is 0 Å². The Balaban J connectivity index is 1.07. The van der Waals surface area contributed by atoms with E-state index in [-0.39, 0.29) is 46.9 Å². The maximum Gasteiger partial charge on any atom is 0.311 e. The molecule has 7 atom stereocenters. The van der Waals surface area contributed by atoms with E-state index in [0.29, 0.717) is 5.92 Å². The third kappa shape index (κ3) is 3.51. The molecule has 5 nitrogen and oxygen atoms in total. The van der Waals surface area contributed by atoms with Gasteiger partial charge in [0, 0.05) is 17.9 Å². The number of piperidine rings is 1. The molecule has 5 heteroatoms. The maximum absolute atomic E-state index is 13.2. The molecule has 7 rings (SSSR count). The molecule has 0 radical (unpaired) electrons. The molecule has 202 valence electrons. The number of nitrogens with zero attached hydrogens (tertiary/aromatic N) is 1. The van der Waals surface area contributed by atoms with Crippen molar-refractivity contribution in [2.45, 2.75) is 75.8 Å². The number of carbonyl (C=O) groups is 1. The number of ether oxygens (including phenoxy) is 2. The van der Waals surface area contributed by atoms with Crippen molar-refractivity contribution in [3.63, 3.8) is 0 Å². The zero-order chi connectivity index (χ0) is 26.1. The second kappa shape index (κ2) is 8.90. The van der Waals surface area contributed by atoms with Gasteiger partial charge < -0.3 is 19.5 Å². The zero-order valence-corrected chi connectivity index (χ0v) is 22.7. The van der Waals surface area contributed by atoms with Gasteiger partial charge in [-0.3, -0.25) is 4.79 Å². The van der Waals surface area contributed by atoms with Crippen LogP contribution in [0.25, 0.3) is 0 Å². The Morgan fingerprint density at radius 1 is 1.00 bits per heavy atom. The average molecular weight is 516 g/mol. The van der Waals surface area contributed by atoms with Crippen LogP contribution in [0.2, 0.25) is 0 Å². The van der Waals surface area contributed by atoms with E-state index in [1.165, 1.54) is 19.3 Å². The van der Waals surface area contributed by atoms with Crippen LogP contribution in [-0.2, 0) is 19.9 Å². The minimum atomic E-state index is -1.02. The molecule has 1 N–H and O–H groups in total. The lowest BCUT2D eigenvalue weighted by molar-refractivity contribution is -0.146. The highest BCUT2D eigenvalue weighted by Crippen LogP contribution is 2.70. The predicted molar refractivity (Wildman–Crippen MR) is 145 cm³/mol. The summed E-state index contributed by atoms with van der Waals surface area (Å²) >= 11 is 0. The van der Waals surface area contributed by atoms with Gasteiger partial charge in [0.25, 0.3) is 0 Å². The Hall–Kier alpha value is -2.21. The molecule has 1 spiro atoms. The van der Waals surface area contributed by atoms with Gasteiger partial charge in [0.15, 0.2) is 0 Å². The molecule has 0 unspecified atom stereocenters. The first-order valence-electron chi connectivity index (χ1n) is 14.8. The summed E-state index contributed by atoms with van der Waals surface area (Å²) in [7, 11) is 0. The molecule has 5 aliphatic rings. The fourth-order valence-electron chi connectivity index (χ4n) is 9.28. The fraction of sp³-hybridized carbons (Fsp3) is 0.606.